The van der Waals surface area contributed by atoms with Crippen LogP contribution in [0.3, 0.4) is 0 Å². The molecule has 0 unspecified atom stereocenters. The molecular weight excluding hydrogens is 410 g/mol. The van der Waals surface area contributed by atoms with Gasteiger partial charge in [-0.1, -0.05) is 18.2 Å². The summed E-state index contributed by atoms with van der Waals surface area (Å²) in [6, 6.07) is 16.1. The number of benzene rings is 2. The standard InChI is InChI=1S/C21H21N3O3S.ClH/c1-27-16-8-9-18(25)17(13-16)21(26)23-11-10-14-4-6-15(7-5-14)24-20(22)19-3-2-12-28-19;/h2-9,12-13,25H,10-11H2,1H3,(H2,22,24)(H,23,26);1H. The zero-order valence-corrected chi connectivity index (χ0v) is 17.4. The molecule has 2 aromatic carbocycles. The summed E-state index contributed by atoms with van der Waals surface area (Å²) >= 11 is 1.55. The van der Waals surface area contributed by atoms with E-state index in [1.165, 1.54) is 19.2 Å². The van der Waals surface area contributed by atoms with Gasteiger partial charge in [-0.25, -0.2) is 4.99 Å². The first-order valence-corrected chi connectivity index (χ1v) is 9.57. The number of carbonyl (C=O) groups is 1. The lowest BCUT2D eigenvalue weighted by Crippen LogP contribution is -2.25. The minimum absolute atomic E-state index is 0. The number of halogens is 1. The first-order chi connectivity index (χ1) is 13.6. The van der Waals surface area contributed by atoms with E-state index in [-0.39, 0.29) is 29.6 Å². The molecule has 4 N–H and O–H groups in total. The number of aromatic hydroxyl groups is 1. The molecule has 0 saturated carbocycles. The lowest BCUT2D eigenvalue weighted by atomic mass is 10.1. The minimum Gasteiger partial charge on any atom is -0.507 e. The van der Waals surface area contributed by atoms with Crippen molar-refractivity contribution in [3.8, 4) is 11.5 Å². The van der Waals surface area contributed by atoms with Crippen molar-refractivity contribution in [1.82, 2.24) is 5.32 Å². The van der Waals surface area contributed by atoms with Gasteiger partial charge in [0.2, 0.25) is 0 Å². The van der Waals surface area contributed by atoms with Gasteiger partial charge in [-0.3, -0.25) is 4.79 Å². The van der Waals surface area contributed by atoms with Crippen LogP contribution in [0.15, 0.2) is 65.0 Å². The number of ether oxygens (including phenoxy) is 1. The summed E-state index contributed by atoms with van der Waals surface area (Å²) in [5.41, 5.74) is 8.02. The number of amidine groups is 1. The van der Waals surface area contributed by atoms with Gasteiger partial charge in [0.05, 0.1) is 23.2 Å². The fourth-order valence-corrected chi connectivity index (χ4v) is 3.22. The Bertz CT molecular complexity index is 973. The third kappa shape index (κ3) is 5.97. The lowest BCUT2D eigenvalue weighted by molar-refractivity contribution is 0.0951. The second kappa shape index (κ2) is 10.5. The molecule has 1 heterocycles. The van der Waals surface area contributed by atoms with Gasteiger partial charge in [-0.2, -0.15) is 0 Å². The second-order valence-corrected chi connectivity index (χ2v) is 6.98. The topological polar surface area (TPSA) is 96.9 Å². The predicted molar refractivity (Wildman–Crippen MR) is 119 cm³/mol. The van der Waals surface area contributed by atoms with Crippen LogP contribution in [-0.4, -0.2) is 30.5 Å². The molecule has 0 saturated heterocycles. The van der Waals surface area contributed by atoms with Gasteiger partial charge >= 0.3 is 0 Å². The van der Waals surface area contributed by atoms with Crippen molar-refractivity contribution in [2.75, 3.05) is 13.7 Å². The van der Waals surface area contributed by atoms with Crippen LogP contribution in [0.4, 0.5) is 5.69 Å². The van der Waals surface area contributed by atoms with Crippen molar-refractivity contribution in [3.63, 3.8) is 0 Å². The number of aliphatic imine (C=N–C) groups is 1. The fraction of sp³-hybridized carbons (Fsp3) is 0.143. The van der Waals surface area contributed by atoms with E-state index in [2.05, 4.69) is 10.3 Å². The summed E-state index contributed by atoms with van der Waals surface area (Å²) in [4.78, 5) is 17.6. The van der Waals surface area contributed by atoms with Crippen molar-refractivity contribution in [2.45, 2.75) is 6.42 Å². The number of nitrogens with two attached hydrogens (primary N) is 1. The van der Waals surface area contributed by atoms with Crippen molar-refractivity contribution in [1.29, 1.82) is 0 Å². The Morgan fingerprint density at radius 3 is 2.62 bits per heavy atom. The van der Waals surface area contributed by atoms with Crippen LogP contribution < -0.4 is 15.8 Å². The highest BCUT2D eigenvalue weighted by Crippen LogP contribution is 2.22. The van der Waals surface area contributed by atoms with Crippen LogP contribution in [0, 0.1) is 0 Å². The fourth-order valence-electron chi connectivity index (χ4n) is 2.60. The highest BCUT2D eigenvalue weighted by atomic mass is 35.5. The maximum absolute atomic E-state index is 12.3. The third-order valence-electron chi connectivity index (χ3n) is 4.11. The zero-order valence-electron chi connectivity index (χ0n) is 15.8. The molecule has 3 aromatic rings. The Kier molecular flexibility index (Phi) is 8.06. The third-order valence-corrected chi connectivity index (χ3v) is 5.00. The van der Waals surface area contributed by atoms with Crippen molar-refractivity contribution < 1.29 is 14.6 Å². The van der Waals surface area contributed by atoms with E-state index in [9.17, 15) is 9.90 Å². The molecule has 29 heavy (non-hydrogen) atoms. The number of phenols is 1. The molecule has 1 aromatic heterocycles. The first-order valence-electron chi connectivity index (χ1n) is 8.69. The summed E-state index contributed by atoms with van der Waals surface area (Å²) in [5, 5.41) is 14.6. The molecule has 8 heteroatoms. The SMILES string of the molecule is COc1ccc(O)c(C(=O)NCCc2ccc(N=C(N)c3cccs3)cc2)c1.Cl. The average molecular weight is 432 g/mol. The molecule has 0 spiro atoms. The molecule has 0 fully saturated rings. The molecule has 6 nitrogen and oxygen atoms in total. The number of nitrogens with one attached hydrogen (secondary N) is 1. The molecule has 1 amide bonds. The molecule has 0 radical (unpaired) electrons. The van der Waals surface area contributed by atoms with Gasteiger partial charge in [0.1, 0.15) is 17.3 Å². The van der Waals surface area contributed by atoms with Crippen LogP contribution in [0.25, 0.3) is 0 Å². The summed E-state index contributed by atoms with van der Waals surface area (Å²) in [7, 11) is 1.51. The quantitative estimate of drug-likeness (QED) is 0.390. The Morgan fingerprint density at radius 2 is 1.97 bits per heavy atom. The second-order valence-electron chi connectivity index (χ2n) is 6.03. The van der Waals surface area contributed by atoms with Gasteiger partial charge < -0.3 is 20.9 Å². The molecule has 0 aliphatic heterocycles. The van der Waals surface area contributed by atoms with Crippen LogP contribution in [0.5, 0.6) is 11.5 Å². The monoisotopic (exact) mass is 431 g/mol. The van der Waals surface area contributed by atoms with E-state index in [0.29, 0.717) is 24.6 Å². The maximum Gasteiger partial charge on any atom is 0.255 e. The summed E-state index contributed by atoms with van der Waals surface area (Å²) in [6.45, 7) is 0.440. The minimum atomic E-state index is -0.346. The number of rotatable bonds is 7. The normalized spacial score (nSPS) is 10.9. The van der Waals surface area contributed by atoms with E-state index in [1.807, 2.05) is 41.8 Å². The van der Waals surface area contributed by atoms with Crippen molar-refractivity contribution in [3.05, 3.63) is 76.0 Å². The molecular formula is C21H22ClN3O3S. The van der Waals surface area contributed by atoms with Gasteiger partial charge in [0.25, 0.3) is 5.91 Å². The largest absolute Gasteiger partial charge is 0.507 e. The Labute approximate surface area is 179 Å². The summed E-state index contributed by atoms with van der Waals surface area (Å²) in [6.07, 6.45) is 0.654. The number of hydrogen-bond donors (Lipinski definition) is 3. The van der Waals surface area contributed by atoms with Crippen LogP contribution in [0.2, 0.25) is 0 Å². The summed E-state index contributed by atoms with van der Waals surface area (Å²) < 4.78 is 5.09. The molecule has 0 bridgehead atoms. The molecule has 0 aliphatic carbocycles. The maximum atomic E-state index is 12.3. The molecule has 0 atom stereocenters. The highest BCUT2D eigenvalue weighted by molar-refractivity contribution is 7.12. The zero-order chi connectivity index (χ0) is 19.9. The van der Waals surface area contributed by atoms with E-state index in [0.717, 1.165) is 16.1 Å². The van der Waals surface area contributed by atoms with Gasteiger partial charge in [0, 0.05) is 6.54 Å². The van der Waals surface area contributed by atoms with E-state index < -0.39 is 0 Å². The summed E-state index contributed by atoms with van der Waals surface area (Å²) in [5.74, 6) is 0.583. The number of phenolic OH excluding ortho intramolecular Hbond substituents is 1. The van der Waals surface area contributed by atoms with Gasteiger partial charge in [-0.15, -0.1) is 23.7 Å². The average Bonchev–Trinajstić information content (AvgIpc) is 3.24. The first kappa shape index (κ1) is 22.3. The number of methoxy groups -OCH3 is 1. The van der Waals surface area contributed by atoms with Gasteiger partial charge in [-0.05, 0) is 53.8 Å². The van der Waals surface area contributed by atoms with E-state index >= 15 is 0 Å². The van der Waals surface area contributed by atoms with Crippen LogP contribution in [-0.2, 0) is 6.42 Å². The van der Waals surface area contributed by atoms with Crippen LogP contribution in [0.1, 0.15) is 20.8 Å². The Balaban J connectivity index is 0.00000300. The van der Waals surface area contributed by atoms with E-state index in [4.69, 9.17) is 10.5 Å². The lowest BCUT2D eigenvalue weighted by Gasteiger charge is -2.09. The smallest absolute Gasteiger partial charge is 0.255 e. The molecule has 0 aliphatic rings. The predicted octanol–water partition coefficient (Wildman–Crippen LogP) is 3.89. The van der Waals surface area contributed by atoms with E-state index in [1.54, 1.807) is 17.4 Å². The van der Waals surface area contributed by atoms with Gasteiger partial charge in [0.15, 0.2) is 0 Å². The highest BCUT2D eigenvalue weighted by Gasteiger charge is 2.12. The number of nitrogens with zero attached hydrogens (tertiary/aromatic N) is 1. The van der Waals surface area contributed by atoms with Crippen molar-refractivity contribution in [2.24, 2.45) is 10.7 Å². The number of amides is 1. The Hall–Kier alpha value is -3.03. The number of thiophene rings is 1. The molecule has 3 rings (SSSR count). The van der Waals surface area contributed by atoms with Crippen molar-refractivity contribution >= 4 is 41.2 Å². The Morgan fingerprint density at radius 1 is 1.21 bits per heavy atom. The molecule has 152 valence electrons. The number of hydrogen-bond acceptors (Lipinski definition) is 5. The van der Waals surface area contributed by atoms with Crippen LogP contribution >= 0.6 is 23.7 Å². The number of carbonyl (C=O) groups excluding carboxylic acids is 1.